The fraction of sp³-hybridized carbons (Fsp3) is 0.100. The van der Waals surface area contributed by atoms with Crippen molar-refractivity contribution in [1.82, 2.24) is 4.57 Å². The largest absolute Gasteiger partial charge is 0.309 e. The SMILES string of the molecule is CC1SC1C.c1ccc(-c2c3ccccc3cc3c2ccc2ccc(-n4c5ccccc5c5ccccc54)cc23)cc1. The van der Waals surface area contributed by atoms with E-state index in [1.807, 2.05) is 11.8 Å². The van der Waals surface area contributed by atoms with Crippen molar-refractivity contribution in [2.45, 2.75) is 24.3 Å². The van der Waals surface area contributed by atoms with Gasteiger partial charge in [-0.1, -0.05) is 123 Å². The molecule has 1 aliphatic rings. The van der Waals surface area contributed by atoms with Gasteiger partial charge in [0.2, 0.25) is 0 Å². The van der Waals surface area contributed by atoms with Gasteiger partial charge < -0.3 is 4.57 Å². The van der Waals surface area contributed by atoms with Gasteiger partial charge in [0.1, 0.15) is 0 Å². The van der Waals surface area contributed by atoms with E-state index in [4.69, 9.17) is 0 Å². The average molecular weight is 558 g/mol. The Labute approximate surface area is 250 Å². The van der Waals surface area contributed by atoms with Crippen molar-refractivity contribution in [1.29, 1.82) is 0 Å². The monoisotopic (exact) mass is 557 g/mol. The van der Waals surface area contributed by atoms with Crippen LogP contribution in [0, 0.1) is 0 Å². The van der Waals surface area contributed by atoms with Gasteiger partial charge in [-0.2, -0.15) is 11.8 Å². The molecule has 2 unspecified atom stereocenters. The molecule has 9 rings (SSSR count). The predicted octanol–water partition coefficient (Wildman–Crippen LogP) is 11.4. The van der Waals surface area contributed by atoms with Gasteiger partial charge in [0.25, 0.3) is 0 Å². The number of hydrogen-bond donors (Lipinski definition) is 0. The van der Waals surface area contributed by atoms with Gasteiger partial charge in [0.05, 0.1) is 11.0 Å². The number of nitrogens with zero attached hydrogens (tertiary/aromatic N) is 1. The molecule has 0 bridgehead atoms. The van der Waals surface area contributed by atoms with Crippen LogP contribution in [0.5, 0.6) is 0 Å². The number of benzene rings is 7. The zero-order valence-corrected chi connectivity index (χ0v) is 24.6. The zero-order chi connectivity index (χ0) is 28.2. The van der Waals surface area contributed by atoms with E-state index >= 15 is 0 Å². The highest BCUT2D eigenvalue weighted by Crippen LogP contribution is 2.41. The second-order valence-electron chi connectivity index (χ2n) is 11.3. The molecule has 0 N–H and O–H groups in total. The molecule has 7 aromatic carbocycles. The van der Waals surface area contributed by atoms with Crippen LogP contribution in [0.2, 0.25) is 0 Å². The van der Waals surface area contributed by atoms with Gasteiger partial charge in [-0.3, -0.25) is 0 Å². The molecule has 0 aliphatic carbocycles. The van der Waals surface area contributed by atoms with Crippen LogP contribution < -0.4 is 0 Å². The van der Waals surface area contributed by atoms with E-state index in [9.17, 15) is 0 Å². The van der Waals surface area contributed by atoms with Crippen molar-refractivity contribution in [3.8, 4) is 16.8 Å². The Morgan fingerprint density at radius 1 is 0.452 bits per heavy atom. The van der Waals surface area contributed by atoms with E-state index in [1.165, 1.54) is 70.9 Å². The third-order valence-corrected chi connectivity index (χ3v) is 10.1. The fourth-order valence-corrected chi connectivity index (χ4v) is 6.99. The minimum Gasteiger partial charge on any atom is -0.309 e. The van der Waals surface area contributed by atoms with Crippen molar-refractivity contribution >= 4 is 65.9 Å². The molecule has 0 radical (unpaired) electrons. The molecule has 1 nitrogen and oxygen atoms in total. The number of thioether (sulfide) groups is 1. The topological polar surface area (TPSA) is 4.93 Å². The molecule has 8 aromatic rings. The van der Waals surface area contributed by atoms with Gasteiger partial charge in [-0.25, -0.2) is 0 Å². The lowest BCUT2D eigenvalue weighted by atomic mass is 9.90. The van der Waals surface area contributed by atoms with Gasteiger partial charge in [0.15, 0.2) is 0 Å². The van der Waals surface area contributed by atoms with Crippen molar-refractivity contribution < 1.29 is 0 Å². The smallest absolute Gasteiger partial charge is 0.0541 e. The van der Waals surface area contributed by atoms with E-state index < -0.39 is 0 Å². The summed E-state index contributed by atoms with van der Waals surface area (Å²) in [6.45, 7) is 4.52. The predicted molar refractivity (Wildman–Crippen MR) is 185 cm³/mol. The number of rotatable bonds is 2. The average Bonchev–Trinajstić information content (AvgIpc) is 3.59. The highest BCUT2D eigenvalue weighted by atomic mass is 32.2. The van der Waals surface area contributed by atoms with Crippen molar-refractivity contribution in [2.24, 2.45) is 0 Å². The Balaban J connectivity index is 0.000000486. The van der Waals surface area contributed by atoms with E-state index in [1.54, 1.807) is 0 Å². The van der Waals surface area contributed by atoms with Crippen LogP contribution in [0.1, 0.15) is 13.8 Å². The van der Waals surface area contributed by atoms with Crippen LogP contribution in [0.25, 0.3) is 70.9 Å². The maximum absolute atomic E-state index is 2.40. The maximum Gasteiger partial charge on any atom is 0.0541 e. The molecule has 0 saturated carbocycles. The quantitative estimate of drug-likeness (QED) is 0.116. The Morgan fingerprint density at radius 3 is 1.69 bits per heavy atom. The maximum atomic E-state index is 2.40. The number of fused-ring (bicyclic) bond motifs is 7. The summed E-state index contributed by atoms with van der Waals surface area (Å²) >= 11 is 2.05. The first-order valence-electron chi connectivity index (χ1n) is 14.7. The highest BCUT2D eigenvalue weighted by Gasteiger charge is 2.27. The first-order chi connectivity index (χ1) is 20.7. The summed E-state index contributed by atoms with van der Waals surface area (Å²) in [6, 6.07) is 50.8. The summed E-state index contributed by atoms with van der Waals surface area (Å²) in [5.41, 5.74) is 6.21. The molecule has 1 aliphatic heterocycles. The second-order valence-corrected chi connectivity index (χ2v) is 13.1. The molecule has 0 spiro atoms. The van der Waals surface area contributed by atoms with Crippen molar-refractivity contribution in [3.63, 3.8) is 0 Å². The number of para-hydroxylation sites is 2. The Morgan fingerprint density at radius 2 is 1.02 bits per heavy atom. The summed E-state index contributed by atoms with van der Waals surface area (Å²) in [5, 5.41) is 12.2. The van der Waals surface area contributed by atoms with Crippen LogP contribution in [0.3, 0.4) is 0 Å². The molecular formula is C40H31NS. The number of aromatic nitrogens is 1. The van der Waals surface area contributed by atoms with Crippen LogP contribution in [-0.4, -0.2) is 15.1 Å². The van der Waals surface area contributed by atoms with Crippen LogP contribution in [0.15, 0.2) is 140 Å². The summed E-state index contributed by atoms with van der Waals surface area (Å²) in [7, 11) is 0. The Bertz CT molecular complexity index is 2200. The molecule has 202 valence electrons. The lowest BCUT2D eigenvalue weighted by Crippen LogP contribution is -1.94. The molecular weight excluding hydrogens is 527 g/mol. The lowest BCUT2D eigenvalue weighted by Gasteiger charge is -2.15. The summed E-state index contributed by atoms with van der Waals surface area (Å²) in [5.74, 6) is 0. The first kappa shape index (κ1) is 25.2. The van der Waals surface area contributed by atoms with Crippen LogP contribution in [-0.2, 0) is 0 Å². The molecule has 42 heavy (non-hydrogen) atoms. The van der Waals surface area contributed by atoms with Crippen molar-refractivity contribution in [2.75, 3.05) is 0 Å². The van der Waals surface area contributed by atoms with Crippen LogP contribution >= 0.6 is 11.8 Å². The standard InChI is InChI=1S/C36H23N.C4H8S/c1-2-10-25(11-3-1)36-28-13-5-4-12-26(28)22-33-31(36)21-19-24-18-20-27(23-32(24)33)37-34-16-8-6-14-29(34)30-15-7-9-17-35(30)37;1-3-4(2)5-3/h1-23H;3-4H,1-2H3. The molecule has 2 atom stereocenters. The summed E-state index contributed by atoms with van der Waals surface area (Å²) in [4.78, 5) is 0. The highest BCUT2D eigenvalue weighted by molar-refractivity contribution is 8.07. The Hall–Kier alpha value is -4.53. The van der Waals surface area contributed by atoms with E-state index in [0.717, 1.165) is 10.5 Å². The van der Waals surface area contributed by atoms with Gasteiger partial charge >= 0.3 is 0 Å². The molecule has 1 fully saturated rings. The fourth-order valence-electron chi connectivity index (χ4n) is 6.40. The molecule has 1 saturated heterocycles. The van der Waals surface area contributed by atoms with E-state index in [-0.39, 0.29) is 0 Å². The zero-order valence-electron chi connectivity index (χ0n) is 23.8. The lowest BCUT2D eigenvalue weighted by molar-refractivity contribution is 1.05. The second kappa shape index (κ2) is 10.1. The minimum absolute atomic E-state index is 0.968. The third kappa shape index (κ3) is 4.18. The molecule has 1 aromatic heterocycles. The van der Waals surface area contributed by atoms with Gasteiger partial charge in [-0.05, 0) is 73.8 Å². The molecule has 0 amide bonds. The van der Waals surface area contributed by atoms with Crippen LogP contribution in [0.4, 0.5) is 0 Å². The number of hydrogen-bond acceptors (Lipinski definition) is 1. The Kier molecular flexibility index (Phi) is 6.05. The van der Waals surface area contributed by atoms with E-state index in [0.29, 0.717) is 0 Å². The van der Waals surface area contributed by atoms with Gasteiger partial charge in [0, 0.05) is 27.0 Å². The third-order valence-electron chi connectivity index (χ3n) is 8.76. The molecule has 2 heteroatoms. The van der Waals surface area contributed by atoms with Crippen molar-refractivity contribution in [3.05, 3.63) is 140 Å². The first-order valence-corrected chi connectivity index (χ1v) is 15.7. The minimum atomic E-state index is 0.968. The van der Waals surface area contributed by atoms with E-state index in [2.05, 4.69) is 158 Å². The molecule has 2 heterocycles. The summed E-state index contributed by atoms with van der Waals surface area (Å²) < 4.78 is 2.40. The summed E-state index contributed by atoms with van der Waals surface area (Å²) in [6.07, 6.45) is 0. The van der Waals surface area contributed by atoms with Gasteiger partial charge in [-0.15, -0.1) is 0 Å². The normalized spacial score (nSPS) is 16.2.